The molecule has 0 saturated carbocycles. The molecule has 5 nitrogen and oxygen atoms in total. The van der Waals surface area contributed by atoms with Crippen molar-refractivity contribution in [2.24, 2.45) is 0 Å². The van der Waals surface area contributed by atoms with Gasteiger partial charge in [-0.25, -0.2) is 0 Å². The van der Waals surface area contributed by atoms with Crippen molar-refractivity contribution < 1.29 is 9.53 Å². The van der Waals surface area contributed by atoms with Crippen LogP contribution in [0.3, 0.4) is 0 Å². The van der Waals surface area contributed by atoms with Crippen LogP contribution in [0.4, 0.5) is 0 Å². The second-order valence-electron chi connectivity index (χ2n) is 6.29. The van der Waals surface area contributed by atoms with Crippen LogP contribution in [-0.2, 0) is 6.42 Å². The van der Waals surface area contributed by atoms with Crippen molar-refractivity contribution in [2.45, 2.75) is 25.8 Å². The molecule has 0 aliphatic carbocycles. The van der Waals surface area contributed by atoms with Gasteiger partial charge < -0.3 is 10.1 Å². The summed E-state index contributed by atoms with van der Waals surface area (Å²) in [5.41, 5.74) is 3.36. The van der Waals surface area contributed by atoms with Crippen molar-refractivity contribution in [1.29, 1.82) is 0 Å². The average Bonchev–Trinajstić information content (AvgIpc) is 3.17. The van der Waals surface area contributed by atoms with E-state index in [-0.39, 0.29) is 11.9 Å². The Balaban J connectivity index is 1.66. The summed E-state index contributed by atoms with van der Waals surface area (Å²) in [4.78, 5) is 12.7. The Labute approximate surface area is 153 Å². The van der Waals surface area contributed by atoms with Crippen molar-refractivity contribution in [3.8, 4) is 17.0 Å². The summed E-state index contributed by atoms with van der Waals surface area (Å²) in [5, 5.41) is 10.0. The normalized spacial score (nSPS) is 11.8. The molecule has 26 heavy (non-hydrogen) atoms. The molecule has 0 saturated heterocycles. The number of aryl methyl sites for hydroxylation is 1. The lowest BCUT2D eigenvalue weighted by molar-refractivity contribution is 0.0939. The first-order valence-corrected chi connectivity index (χ1v) is 8.70. The molecule has 2 aromatic carbocycles. The molecule has 2 N–H and O–H groups in total. The number of hydrogen-bond acceptors (Lipinski definition) is 3. The number of ether oxygens (including phenoxy) is 1. The maximum atomic E-state index is 12.7. The highest BCUT2D eigenvalue weighted by molar-refractivity contribution is 5.99. The summed E-state index contributed by atoms with van der Waals surface area (Å²) in [5.74, 6) is 0.608. The van der Waals surface area contributed by atoms with E-state index in [1.54, 1.807) is 13.3 Å². The first-order chi connectivity index (χ1) is 12.7. The fourth-order valence-corrected chi connectivity index (χ4v) is 2.86. The van der Waals surface area contributed by atoms with Crippen LogP contribution in [0.25, 0.3) is 11.3 Å². The van der Waals surface area contributed by atoms with Gasteiger partial charge in [-0.15, -0.1) is 0 Å². The standard InChI is InChI=1S/C21H23N3O2/c1-15(11-12-16-7-4-3-5-8-16)23-21(25)19-14-22-24-20(19)17-9-6-10-18(13-17)26-2/h3-10,13-15H,11-12H2,1-2H3,(H,22,24)(H,23,25)/t15-/m0/s1. The summed E-state index contributed by atoms with van der Waals surface area (Å²) in [6, 6.07) is 17.9. The smallest absolute Gasteiger partial charge is 0.255 e. The number of H-pyrrole nitrogens is 1. The summed E-state index contributed by atoms with van der Waals surface area (Å²) in [6.07, 6.45) is 3.37. The van der Waals surface area contributed by atoms with Gasteiger partial charge in [0, 0.05) is 11.6 Å². The fourth-order valence-electron chi connectivity index (χ4n) is 2.86. The molecule has 1 aromatic heterocycles. The third kappa shape index (κ3) is 4.30. The molecule has 0 aliphatic rings. The number of hydrogen-bond donors (Lipinski definition) is 2. The predicted molar refractivity (Wildman–Crippen MR) is 102 cm³/mol. The fraction of sp³-hybridized carbons (Fsp3) is 0.238. The van der Waals surface area contributed by atoms with Crippen LogP contribution < -0.4 is 10.1 Å². The Kier molecular flexibility index (Phi) is 5.69. The van der Waals surface area contributed by atoms with Crippen LogP contribution in [0, 0.1) is 0 Å². The van der Waals surface area contributed by atoms with E-state index in [0.29, 0.717) is 11.3 Å². The number of aromatic amines is 1. The minimum atomic E-state index is -0.128. The first-order valence-electron chi connectivity index (χ1n) is 8.70. The number of amides is 1. The maximum absolute atomic E-state index is 12.7. The number of rotatable bonds is 7. The minimum absolute atomic E-state index is 0.0655. The van der Waals surface area contributed by atoms with E-state index in [9.17, 15) is 4.79 Å². The van der Waals surface area contributed by atoms with Crippen LogP contribution in [0.2, 0.25) is 0 Å². The van der Waals surface area contributed by atoms with Crippen LogP contribution >= 0.6 is 0 Å². The molecule has 3 aromatic rings. The second-order valence-corrected chi connectivity index (χ2v) is 6.29. The highest BCUT2D eigenvalue weighted by atomic mass is 16.5. The van der Waals surface area contributed by atoms with Gasteiger partial charge in [-0.2, -0.15) is 5.10 Å². The van der Waals surface area contributed by atoms with E-state index in [4.69, 9.17) is 4.74 Å². The third-order valence-corrected chi connectivity index (χ3v) is 4.33. The van der Waals surface area contributed by atoms with Gasteiger partial charge in [-0.1, -0.05) is 42.5 Å². The van der Waals surface area contributed by atoms with Crippen LogP contribution in [-0.4, -0.2) is 29.3 Å². The van der Waals surface area contributed by atoms with Gasteiger partial charge in [-0.05, 0) is 37.5 Å². The Morgan fingerprint density at radius 1 is 1.19 bits per heavy atom. The monoisotopic (exact) mass is 349 g/mol. The van der Waals surface area contributed by atoms with Crippen LogP contribution in [0.5, 0.6) is 5.75 Å². The third-order valence-electron chi connectivity index (χ3n) is 4.33. The van der Waals surface area contributed by atoms with Gasteiger partial charge in [0.2, 0.25) is 0 Å². The lowest BCUT2D eigenvalue weighted by Crippen LogP contribution is -2.33. The number of nitrogens with one attached hydrogen (secondary N) is 2. The number of carbonyl (C=O) groups is 1. The average molecular weight is 349 g/mol. The Morgan fingerprint density at radius 2 is 2.00 bits per heavy atom. The van der Waals surface area contributed by atoms with Crippen molar-refractivity contribution in [3.63, 3.8) is 0 Å². The molecule has 134 valence electrons. The predicted octanol–water partition coefficient (Wildman–Crippen LogP) is 3.84. The SMILES string of the molecule is COc1cccc(-c2[nH]ncc2C(=O)N[C@@H](C)CCc2ccccc2)c1. The lowest BCUT2D eigenvalue weighted by atomic mass is 10.0. The highest BCUT2D eigenvalue weighted by Crippen LogP contribution is 2.25. The van der Waals surface area contributed by atoms with E-state index in [0.717, 1.165) is 24.2 Å². The van der Waals surface area contributed by atoms with E-state index in [2.05, 4.69) is 27.6 Å². The summed E-state index contributed by atoms with van der Waals surface area (Å²) in [7, 11) is 1.62. The molecule has 0 radical (unpaired) electrons. The number of methoxy groups -OCH3 is 1. The molecule has 1 atom stereocenters. The quantitative estimate of drug-likeness (QED) is 0.681. The van der Waals surface area contributed by atoms with E-state index in [1.807, 2.05) is 49.4 Å². The van der Waals surface area contributed by atoms with Crippen molar-refractivity contribution >= 4 is 5.91 Å². The number of carbonyl (C=O) groups excluding carboxylic acids is 1. The zero-order chi connectivity index (χ0) is 18.4. The topological polar surface area (TPSA) is 67.0 Å². The Morgan fingerprint density at radius 3 is 2.77 bits per heavy atom. The van der Waals surface area contributed by atoms with Crippen LogP contribution in [0.1, 0.15) is 29.3 Å². The largest absolute Gasteiger partial charge is 0.497 e. The van der Waals surface area contributed by atoms with E-state index >= 15 is 0 Å². The summed E-state index contributed by atoms with van der Waals surface area (Å²) < 4.78 is 5.26. The molecule has 3 rings (SSSR count). The van der Waals surface area contributed by atoms with Crippen molar-refractivity contribution in [3.05, 3.63) is 71.9 Å². The molecule has 0 spiro atoms. The lowest BCUT2D eigenvalue weighted by Gasteiger charge is -2.14. The Hall–Kier alpha value is -3.08. The molecule has 1 heterocycles. The molecule has 0 unspecified atom stereocenters. The van der Waals surface area contributed by atoms with E-state index < -0.39 is 0 Å². The van der Waals surface area contributed by atoms with Gasteiger partial charge in [-0.3, -0.25) is 9.89 Å². The number of nitrogens with zero attached hydrogens (tertiary/aromatic N) is 1. The van der Waals surface area contributed by atoms with Gasteiger partial charge in [0.25, 0.3) is 5.91 Å². The number of benzene rings is 2. The van der Waals surface area contributed by atoms with Crippen molar-refractivity contribution in [1.82, 2.24) is 15.5 Å². The zero-order valence-corrected chi connectivity index (χ0v) is 15.0. The van der Waals surface area contributed by atoms with Crippen molar-refractivity contribution in [2.75, 3.05) is 7.11 Å². The molecule has 0 aliphatic heterocycles. The number of aromatic nitrogens is 2. The first kappa shape index (κ1) is 17.7. The Bertz CT molecular complexity index is 858. The summed E-state index contributed by atoms with van der Waals surface area (Å²) in [6.45, 7) is 2.02. The van der Waals surface area contributed by atoms with Gasteiger partial charge in [0.1, 0.15) is 5.75 Å². The van der Waals surface area contributed by atoms with E-state index in [1.165, 1.54) is 5.56 Å². The minimum Gasteiger partial charge on any atom is -0.497 e. The molecule has 0 fully saturated rings. The van der Waals surface area contributed by atoms with Gasteiger partial charge >= 0.3 is 0 Å². The maximum Gasteiger partial charge on any atom is 0.255 e. The molecule has 0 bridgehead atoms. The summed E-state index contributed by atoms with van der Waals surface area (Å²) >= 11 is 0. The van der Waals surface area contributed by atoms with Crippen LogP contribution in [0.15, 0.2) is 60.8 Å². The molecule has 1 amide bonds. The second kappa shape index (κ2) is 8.34. The van der Waals surface area contributed by atoms with Gasteiger partial charge in [0.05, 0.1) is 24.6 Å². The van der Waals surface area contributed by atoms with Gasteiger partial charge in [0.15, 0.2) is 0 Å². The molecular weight excluding hydrogens is 326 g/mol. The zero-order valence-electron chi connectivity index (χ0n) is 15.0. The highest BCUT2D eigenvalue weighted by Gasteiger charge is 2.17. The molecular formula is C21H23N3O2. The molecule has 5 heteroatoms.